The van der Waals surface area contributed by atoms with Gasteiger partial charge in [0, 0.05) is 18.7 Å². The maximum absolute atomic E-state index is 5.63. The van der Waals surface area contributed by atoms with Gasteiger partial charge in [-0.15, -0.1) is 0 Å². The normalized spacial score (nSPS) is 23.3. The fourth-order valence-corrected chi connectivity index (χ4v) is 4.01. The SMILES string of the molecule is c1cc(CN2CCC(CN3CCCC3)CC2)c2c(c1)OCO2. The topological polar surface area (TPSA) is 24.9 Å². The smallest absolute Gasteiger partial charge is 0.231 e. The average Bonchev–Trinajstić information content (AvgIpc) is 3.21. The summed E-state index contributed by atoms with van der Waals surface area (Å²) in [5.74, 6) is 2.76. The van der Waals surface area contributed by atoms with E-state index in [2.05, 4.69) is 21.9 Å². The monoisotopic (exact) mass is 302 g/mol. The van der Waals surface area contributed by atoms with Crippen molar-refractivity contribution in [1.82, 2.24) is 9.80 Å². The molecule has 1 aromatic rings. The van der Waals surface area contributed by atoms with Crippen LogP contribution in [0.2, 0.25) is 0 Å². The summed E-state index contributed by atoms with van der Waals surface area (Å²) in [5.41, 5.74) is 1.27. The van der Waals surface area contributed by atoms with Gasteiger partial charge in [-0.05, 0) is 63.8 Å². The number of fused-ring (bicyclic) bond motifs is 1. The van der Waals surface area contributed by atoms with Crippen molar-refractivity contribution in [3.8, 4) is 11.5 Å². The number of rotatable bonds is 4. The van der Waals surface area contributed by atoms with E-state index in [9.17, 15) is 0 Å². The van der Waals surface area contributed by atoms with Crippen LogP contribution >= 0.6 is 0 Å². The minimum absolute atomic E-state index is 0.365. The Balaban J connectivity index is 1.30. The lowest BCUT2D eigenvalue weighted by molar-refractivity contribution is 0.145. The standard InChI is InChI=1S/C18H26N2O2/c1-2-9-19(8-1)12-15-6-10-20(11-7-15)13-16-4-3-5-17-18(16)22-14-21-17/h3-5,15H,1-2,6-14H2. The van der Waals surface area contributed by atoms with Crippen molar-refractivity contribution in [1.29, 1.82) is 0 Å². The lowest BCUT2D eigenvalue weighted by Gasteiger charge is -2.34. The number of hydrogen-bond acceptors (Lipinski definition) is 4. The molecule has 0 aliphatic carbocycles. The summed E-state index contributed by atoms with van der Waals surface area (Å²) in [6.07, 6.45) is 5.48. The lowest BCUT2D eigenvalue weighted by atomic mass is 9.96. The Morgan fingerprint density at radius 2 is 1.77 bits per heavy atom. The summed E-state index contributed by atoms with van der Waals surface area (Å²) in [6.45, 7) is 7.76. The molecule has 0 spiro atoms. The fourth-order valence-electron chi connectivity index (χ4n) is 4.01. The van der Waals surface area contributed by atoms with Crippen LogP contribution in [0.25, 0.3) is 0 Å². The zero-order valence-corrected chi connectivity index (χ0v) is 13.3. The number of piperidine rings is 1. The minimum Gasteiger partial charge on any atom is -0.454 e. The quantitative estimate of drug-likeness (QED) is 0.854. The van der Waals surface area contributed by atoms with Crippen molar-refractivity contribution < 1.29 is 9.47 Å². The first-order valence-electron chi connectivity index (χ1n) is 8.71. The van der Waals surface area contributed by atoms with Crippen LogP contribution in [0.5, 0.6) is 11.5 Å². The molecule has 4 heteroatoms. The number of para-hydroxylation sites is 1. The van der Waals surface area contributed by atoms with E-state index in [1.54, 1.807) is 0 Å². The highest BCUT2D eigenvalue weighted by Gasteiger charge is 2.24. The molecule has 1 aromatic carbocycles. The highest BCUT2D eigenvalue weighted by molar-refractivity contribution is 5.48. The second-order valence-electron chi connectivity index (χ2n) is 6.88. The molecule has 3 aliphatic heterocycles. The number of hydrogen-bond donors (Lipinski definition) is 0. The van der Waals surface area contributed by atoms with Crippen molar-refractivity contribution >= 4 is 0 Å². The molecule has 0 unspecified atom stereocenters. The van der Waals surface area contributed by atoms with E-state index < -0.39 is 0 Å². The van der Waals surface area contributed by atoms with Gasteiger partial charge in [0.15, 0.2) is 11.5 Å². The first-order valence-corrected chi connectivity index (χ1v) is 8.71. The van der Waals surface area contributed by atoms with Gasteiger partial charge in [-0.2, -0.15) is 0 Å². The predicted octanol–water partition coefficient (Wildman–Crippen LogP) is 2.72. The Hall–Kier alpha value is -1.26. The molecular formula is C18H26N2O2. The summed E-state index contributed by atoms with van der Waals surface area (Å²) in [6, 6.07) is 6.24. The van der Waals surface area contributed by atoms with Crippen LogP contribution in [0.15, 0.2) is 18.2 Å². The van der Waals surface area contributed by atoms with Crippen molar-refractivity contribution in [2.24, 2.45) is 5.92 Å². The molecule has 4 nitrogen and oxygen atoms in total. The van der Waals surface area contributed by atoms with E-state index >= 15 is 0 Å². The zero-order valence-electron chi connectivity index (χ0n) is 13.3. The number of ether oxygens (including phenoxy) is 2. The van der Waals surface area contributed by atoms with Crippen LogP contribution in [0, 0.1) is 5.92 Å². The fraction of sp³-hybridized carbons (Fsp3) is 0.667. The molecule has 0 bridgehead atoms. The molecular weight excluding hydrogens is 276 g/mol. The van der Waals surface area contributed by atoms with Gasteiger partial charge >= 0.3 is 0 Å². The summed E-state index contributed by atoms with van der Waals surface area (Å²) >= 11 is 0. The number of nitrogens with zero attached hydrogens (tertiary/aromatic N) is 2. The maximum atomic E-state index is 5.63. The van der Waals surface area contributed by atoms with Gasteiger partial charge in [-0.3, -0.25) is 4.90 Å². The Kier molecular flexibility index (Phi) is 4.22. The number of benzene rings is 1. The summed E-state index contributed by atoms with van der Waals surface area (Å²) in [5, 5.41) is 0. The van der Waals surface area contributed by atoms with E-state index in [-0.39, 0.29) is 0 Å². The molecule has 0 amide bonds. The van der Waals surface area contributed by atoms with Crippen molar-refractivity contribution in [3.63, 3.8) is 0 Å². The first kappa shape index (κ1) is 14.3. The molecule has 0 saturated carbocycles. The van der Waals surface area contributed by atoms with Crippen molar-refractivity contribution in [2.45, 2.75) is 32.2 Å². The summed E-state index contributed by atoms with van der Waals surface area (Å²) < 4.78 is 11.1. The van der Waals surface area contributed by atoms with E-state index in [1.807, 2.05) is 6.07 Å². The molecule has 0 aromatic heterocycles. The van der Waals surface area contributed by atoms with E-state index in [0.717, 1.165) is 24.0 Å². The molecule has 0 N–H and O–H groups in total. The lowest BCUT2D eigenvalue weighted by Crippen LogP contribution is -2.37. The van der Waals surface area contributed by atoms with Gasteiger partial charge in [0.1, 0.15) is 0 Å². The van der Waals surface area contributed by atoms with Crippen LogP contribution in [-0.4, -0.2) is 49.3 Å². The molecule has 4 rings (SSSR count). The van der Waals surface area contributed by atoms with Crippen molar-refractivity contribution in [3.05, 3.63) is 23.8 Å². The number of likely N-dealkylation sites (tertiary alicyclic amines) is 2. The van der Waals surface area contributed by atoms with Crippen LogP contribution in [0.1, 0.15) is 31.2 Å². The molecule has 22 heavy (non-hydrogen) atoms. The first-order chi connectivity index (χ1) is 10.9. The van der Waals surface area contributed by atoms with Gasteiger partial charge in [0.25, 0.3) is 0 Å². The molecule has 3 aliphatic rings. The Bertz CT molecular complexity index is 506. The van der Waals surface area contributed by atoms with E-state index in [1.165, 1.54) is 64.0 Å². The van der Waals surface area contributed by atoms with E-state index in [4.69, 9.17) is 9.47 Å². The third-order valence-corrected chi connectivity index (χ3v) is 5.29. The van der Waals surface area contributed by atoms with Crippen LogP contribution in [-0.2, 0) is 6.54 Å². The van der Waals surface area contributed by atoms with Crippen LogP contribution in [0.4, 0.5) is 0 Å². The van der Waals surface area contributed by atoms with Crippen LogP contribution in [0.3, 0.4) is 0 Å². The molecule has 2 saturated heterocycles. The zero-order chi connectivity index (χ0) is 14.8. The molecule has 120 valence electrons. The van der Waals surface area contributed by atoms with Crippen molar-refractivity contribution in [2.75, 3.05) is 39.5 Å². The molecule has 0 atom stereocenters. The summed E-state index contributed by atoms with van der Waals surface area (Å²) in [7, 11) is 0. The Labute approximate surface area is 133 Å². The second kappa shape index (κ2) is 6.47. The highest BCUT2D eigenvalue weighted by Crippen LogP contribution is 2.36. The summed E-state index contributed by atoms with van der Waals surface area (Å²) in [4.78, 5) is 5.23. The van der Waals surface area contributed by atoms with Gasteiger partial charge < -0.3 is 14.4 Å². The third kappa shape index (κ3) is 3.08. The molecule has 3 heterocycles. The molecule has 0 radical (unpaired) electrons. The molecule has 2 fully saturated rings. The maximum Gasteiger partial charge on any atom is 0.231 e. The minimum atomic E-state index is 0.365. The average molecular weight is 302 g/mol. The van der Waals surface area contributed by atoms with Gasteiger partial charge in [-0.1, -0.05) is 12.1 Å². The van der Waals surface area contributed by atoms with Gasteiger partial charge in [0.2, 0.25) is 6.79 Å². The largest absolute Gasteiger partial charge is 0.454 e. The van der Waals surface area contributed by atoms with Crippen LogP contribution < -0.4 is 9.47 Å². The van der Waals surface area contributed by atoms with Gasteiger partial charge in [-0.25, -0.2) is 0 Å². The third-order valence-electron chi connectivity index (χ3n) is 5.29. The Morgan fingerprint density at radius 1 is 0.955 bits per heavy atom. The highest BCUT2D eigenvalue weighted by atomic mass is 16.7. The van der Waals surface area contributed by atoms with E-state index in [0.29, 0.717) is 6.79 Å². The van der Waals surface area contributed by atoms with Gasteiger partial charge in [0.05, 0.1) is 0 Å². The Morgan fingerprint density at radius 3 is 2.59 bits per heavy atom. The predicted molar refractivity (Wildman–Crippen MR) is 86.2 cm³/mol. The second-order valence-corrected chi connectivity index (χ2v) is 6.88.